The van der Waals surface area contributed by atoms with Crippen LogP contribution < -0.4 is 0 Å². The number of aliphatic imine (C=N–C) groups is 1. The van der Waals surface area contributed by atoms with Crippen LogP contribution in [0.2, 0.25) is 0 Å². The zero-order chi connectivity index (χ0) is 20.0. The van der Waals surface area contributed by atoms with Crippen LogP contribution in [0, 0.1) is 5.82 Å². The molecule has 29 heavy (non-hydrogen) atoms. The number of hydrogen-bond acceptors (Lipinski definition) is 4. The molecule has 3 aliphatic heterocycles. The first-order valence-corrected chi connectivity index (χ1v) is 11.6. The number of fused-ring (bicyclic) bond motifs is 1. The fourth-order valence-electron chi connectivity index (χ4n) is 4.51. The molecular formula is C23H20BrFN2OS. The van der Waals surface area contributed by atoms with E-state index < -0.39 is 0 Å². The van der Waals surface area contributed by atoms with Gasteiger partial charge in [-0.2, -0.15) is 11.8 Å². The third kappa shape index (κ3) is 3.62. The number of halogens is 2. The van der Waals surface area contributed by atoms with E-state index in [0.717, 1.165) is 35.6 Å². The smallest absolute Gasteiger partial charge is 0.175 e. The van der Waals surface area contributed by atoms with E-state index >= 15 is 0 Å². The second-order valence-electron chi connectivity index (χ2n) is 7.71. The summed E-state index contributed by atoms with van der Waals surface area (Å²) in [7, 11) is 0. The predicted octanol–water partition coefficient (Wildman–Crippen LogP) is 4.97. The molecule has 6 heteroatoms. The lowest BCUT2D eigenvalue weighted by Gasteiger charge is -2.37. The van der Waals surface area contributed by atoms with Gasteiger partial charge in [0, 0.05) is 30.3 Å². The van der Waals surface area contributed by atoms with E-state index in [-0.39, 0.29) is 22.8 Å². The van der Waals surface area contributed by atoms with Crippen molar-refractivity contribution in [3.8, 4) is 0 Å². The molecule has 0 amide bonds. The molecular weight excluding hydrogens is 451 g/mol. The van der Waals surface area contributed by atoms with Gasteiger partial charge in [0.2, 0.25) is 0 Å². The van der Waals surface area contributed by atoms with Crippen molar-refractivity contribution in [2.75, 3.05) is 18.8 Å². The second-order valence-corrected chi connectivity index (χ2v) is 9.81. The maximum atomic E-state index is 13.8. The van der Waals surface area contributed by atoms with E-state index in [1.165, 1.54) is 17.3 Å². The molecule has 1 fully saturated rings. The summed E-state index contributed by atoms with van der Waals surface area (Å²) >= 11 is 5.17. The molecule has 0 radical (unpaired) electrons. The highest BCUT2D eigenvalue weighted by Gasteiger charge is 2.43. The molecule has 5 rings (SSSR count). The fraction of sp³-hybridized carbons (Fsp3) is 0.304. The molecule has 0 spiro atoms. The van der Waals surface area contributed by atoms with Crippen molar-refractivity contribution in [1.29, 1.82) is 0 Å². The van der Waals surface area contributed by atoms with Crippen LogP contribution in [0.4, 0.5) is 4.39 Å². The van der Waals surface area contributed by atoms with Gasteiger partial charge in [0.1, 0.15) is 5.82 Å². The topological polar surface area (TPSA) is 32.7 Å². The van der Waals surface area contributed by atoms with Crippen LogP contribution in [0.25, 0.3) is 0 Å². The summed E-state index contributed by atoms with van der Waals surface area (Å²) in [4.78, 5) is 20.4. The van der Waals surface area contributed by atoms with Gasteiger partial charge in [-0.3, -0.25) is 14.7 Å². The quantitative estimate of drug-likeness (QED) is 0.634. The monoisotopic (exact) mass is 470 g/mol. The third-order valence-corrected chi connectivity index (χ3v) is 7.73. The summed E-state index contributed by atoms with van der Waals surface area (Å²) in [5.74, 6) is 0.831. The first-order chi connectivity index (χ1) is 14.1. The van der Waals surface area contributed by atoms with Crippen molar-refractivity contribution in [2.24, 2.45) is 4.99 Å². The maximum Gasteiger partial charge on any atom is 0.175 e. The van der Waals surface area contributed by atoms with Gasteiger partial charge in [0.25, 0.3) is 0 Å². The van der Waals surface area contributed by atoms with E-state index in [9.17, 15) is 9.18 Å². The lowest BCUT2D eigenvalue weighted by atomic mass is 9.79. The number of benzene rings is 2. The van der Waals surface area contributed by atoms with Crippen LogP contribution in [-0.4, -0.2) is 40.5 Å². The summed E-state index contributed by atoms with van der Waals surface area (Å²) < 4.78 is 14.3. The Kier molecular flexibility index (Phi) is 5.18. The van der Waals surface area contributed by atoms with Crippen LogP contribution in [0.1, 0.15) is 23.5 Å². The van der Waals surface area contributed by atoms with Crippen molar-refractivity contribution in [2.45, 2.75) is 24.1 Å². The highest BCUT2D eigenvalue weighted by Crippen LogP contribution is 2.46. The van der Waals surface area contributed by atoms with Crippen LogP contribution in [0.15, 0.2) is 69.3 Å². The molecule has 3 nitrogen and oxygen atoms in total. The van der Waals surface area contributed by atoms with E-state index in [4.69, 9.17) is 4.99 Å². The number of thioether (sulfide) groups is 1. The number of hydrogen-bond donors (Lipinski definition) is 0. The van der Waals surface area contributed by atoms with Crippen LogP contribution in [0.5, 0.6) is 0 Å². The lowest BCUT2D eigenvalue weighted by Crippen LogP contribution is -2.42. The molecule has 2 atom stereocenters. The summed E-state index contributed by atoms with van der Waals surface area (Å²) in [5.41, 5.74) is 5.09. The van der Waals surface area contributed by atoms with E-state index in [1.54, 1.807) is 0 Å². The summed E-state index contributed by atoms with van der Waals surface area (Å²) in [6.07, 6.45) is 0.956. The predicted molar refractivity (Wildman–Crippen MR) is 119 cm³/mol. The molecule has 0 saturated carbocycles. The van der Waals surface area contributed by atoms with Crippen molar-refractivity contribution in [3.63, 3.8) is 0 Å². The first kappa shape index (κ1) is 19.2. The number of nitrogens with zero attached hydrogens (tertiary/aromatic N) is 2. The second kappa shape index (κ2) is 7.82. The van der Waals surface area contributed by atoms with Crippen molar-refractivity contribution in [3.05, 3.63) is 81.2 Å². The Morgan fingerprint density at radius 2 is 2.00 bits per heavy atom. The number of Topliss-reactive ketones (excluding diaryl/α,β-unsaturated/α-hetero) is 1. The minimum atomic E-state index is -0.282. The molecule has 2 unspecified atom stereocenters. The largest absolute Gasteiger partial charge is 0.293 e. The Morgan fingerprint density at radius 3 is 2.79 bits per heavy atom. The van der Waals surface area contributed by atoms with Crippen molar-refractivity contribution < 1.29 is 9.18 Å². The van der Waals surface area contributed by atoms with Gasteiger partial charge in [-0.25, -0.2) is 4.39 Å². The summed E-state index contributed by atoms with van der Waals surface area (Å²) in [5, 5.41) is 0.177. The van der Waals surface area contributed by atoms with Gasteiger partial charge in [0.15, 0.2) is 5.78 Å². The zero-order valence-corrected chi connectivity index (χ0v) is 18.2. The van der Waals surface area contributed by atoms with Crippen molar-refractivity contribution in [1.82, 2.24) is 4.90 Å². The minimum Gasteiger partial charge on any atom is -0.293 e. The highest BCUT2D eigenvalue weighted by atomic mass is 79.9. The SMILES string of the molecule is O=C1CN(Cc2ccccc2)CC2=C1C(c1ccc(F)c(Br)c1)C1SCCC1=N2. The molecule has 0 aliphatic carbocycles. The molecule has 0 bridgehead atoms. The molecule has 2 aromatic carbocycles. The standard InChI is InChI=1S/C23H20BrFN2OS/c24-16-10-15(6-7-17(16)25)21-22-19(26-18-8-9-29-23(18)21)12-27(13-20(22)28)11-14-4-2-1-3-5-14/h1-7,10,21,23H,8-9,11-13H2. The van der Waals surface area contributed by atoms with Gasteiger partial charge in [0.05, 0.1) is 22.0 Å². The Balaban J connectivity index is 1.52. The molecule has 3 heterocycles. The Labute approximate surface area is 182 Å². The van der Waals surface area contributed by atoms with Gasteiger partial charge >= 0.3 is 0 Å². The summed E-state index contributed by atoms with van der Waals surface area (Å²) in [6, 6.07) is 15.4. The molecule has 1 saturated heterocycles. The van der Waals surface area contributed by atoms with E-state index in [0.29, 0.717) is 17.6 Å². The average Bonchev–Trinajstić information content (AvgIpc) is 3.17. The summed E-state index contributed by atoms with van der Waals surface area (Å²) in [6.45, 7) is 1.81. The van der Waals surface area contributed by atoms with Crippen molar-refractivity contribution >= 4 is 39.2 Å². The van der Waals surface area contributed by atoms with Gasteiger partial charge in [-0.1, -0.05) is 36.4 Å². The molecule has 0 aromatic heterocycles. The highest BCUT2D eigenvalue weighted by molar-refractivity contribution is 9.10. The molecule has 2 aromatic rings. The van der Waals surface area contributed by atoms with Gasteiger partial charge in [-0.15, -0.1) is 0 Å². The van der Waals surface area contributed by atoms with Crippen LogP contribution in [-0.2, 0) is 11.3 Å². The lowest BCUT2D eigenvalue weighted by molar-refractivity contribution is -0.117. The maximum absolute atomic E-state index is 13.8. The molecule has 3 aliphatic rings. The van der Waals surface area contributed by atoms with Gasteiger partial charge in [-0.05, 0) is 51.4 Å². The number of carbonyl (C=O) groups excluding carboxylic acids is 1. The van der Waals surface area contributed by atoms with Gasteiger partial charge < -0.3 is 0 Å². The Bertz CT molecular complexity index is 1040. The zero-order valence-electron chi connectivity index (χ0n) is 15.8. The van der Waals surface area contributed by atoms with E-state index in [1.807, 2.05) is 42.1 Å². The van der Waals surface area contributed by atoms with Crippen LogP contribution >= 0.6 is 27.7 Å². The van der Waals surface area contributed by atoms with E-state index in [2.05, 4.69) is 33.0 Å². The average molecular weight is 471 g/mol. The fourth-order valence-corrected chi connectivity index (χ4v) is 6.34. The molecule has 0 N–H and O–H groups in total. The first-order valence-electron chi connectivity index (χ1n) is 9.76. The normalized spacial score (nSPS) is 24.3. The number of carbonyl (C=O) groups is 1. The molecule has 148 valence electrons. The Morgan fingerprint density at radius 1 is 1.17 bits per heavy atom. The Hall–Kier alpha value is -1.76. The number of ketones is 1. The van der Waals surface area contributed by atoms with Crippen LogP contribution in [0.3, 0.4) is 0 Å². The third-order valence-electron chi connectivity index (χ3n) is 5.78. The number of rotatable bonds is 3. The minimum absolute atomic E-state index is 0.0479.